The third-order valence-electron chi connectivity index (χ3n) is 5.84. The largest absolute Gasteiger partial charge is 0.476 e. The summed E-state index contributed by atoms with van der Waals surface area (Å²) in [6, 6.07) is 10.9. The molecule has 2 heterocycles. The topological polar surface area (TPSA) is 97.6 Å². The van der Waals surface area contributed by atoms with E-state index < -0.39 is 34.6 Å². The molecule has 0 aliphatic heterocycles. The first-order valence-corrected chi connectivity index (χ1v) is 15.9. The number of carbonyl (C=O) groups excluding carboxylic acids is 1. The molecule has 0 aliphatic rings. The van der Waals surface area contributed by atoms with Crippen molar-refractivity contribution in [1.82, 2.24) is 19.7 Å². The monoisotopic (exact) mass is 598 g/mol. The molecular weight excluding hydrogens is 561 g/mol. The van der Waals surface area contributed by atoms with Crippen LogP contribution >= 0.6 is 10.0 Å². The Morgan fingerprint density at radius 1 is 0.951 bits per heavy atom. The van der Waals surface area contributed by atoms with Crippen LogP contribution in [0, 0.1) is 5.41 Å². The molecular formula is C28H37F3N4O5S. The molecule has 1 aromatic carbocycles. The molecule has 13 heteroatoms. The summed E-state index contributed by atoms with van der Waals surface area (Å²) in [7, 11) is 0.578. The molecule has 3 rings (SSSR count). The van der Waals surface area contributed by atoms with Crippen molar-refractivity contribution in [3.63, 3.8) is 0 Å². The van der Waals surface area contributed by atoms with E-state index in [1.807, 2.05) is 30.3 Å². The SMILES string of the molecule is COC(=O)C(C)(C)COc1ccc(-c2ccc(-c3nc(OCCC(F)(F)F)n(COCCS(C)(C)C)n3)cc2)cn1. The summed E-state index contributed by atoms with van der Waals surface area (Å²) in [5, 5.41) is 4.42. The van der Waals surface area contributed by atoms with E-state index in [2.05, 4.69) is 33.8 Å². The second-order valence-electron chi connectivity index (χ2n) is 10.9. The lowest BCUT2D eigenvalue weighted by Crippen LogP contribution is -2.32. The van der Waals surface area contributed by atoms with Crippen LogP contribution in [0.5, 0.6) is 11.9 Å². The van der Waals surface area contributed by atoms with Crippen LogP contribution in [-0.4, -0.2) is 83.3 Å². The van der Waals surface area contributed by atoms with E-state index in [9.17, 15) is 18.0 Å². The van der Waals surface area contributed by atoms with Crippen LogP contribution in [-0.2, 0) is 21.0 Å². The second kappa shape index (κ2) is 13.6. The van der Waals surface area contributed by atoms with Gasteiger partial charge >= 0.3 is 18.2 Å². The highest BCUT2D eigenvalue weighted by Gasteiger charge is 2.30. The Kier molecular flexibility index (Phi) is 10.6. The summed E-state index contributed by atoms with van der Waals surface area (Å²) in [5.74, 6) is 1.19. The Bertz CT molecular complexity index is 1270. The number of pyridine rings is 1. The zero-order valence-electron chi connectivity index (χ0n) is 24.2. The molecule has 0 saturated heterocycles. The summed E-state index contributed by atoms with van der Waals surface area (Å²) in [6.07, 6.45) is 2.74. The first kappa shape index (κ1) is 32.2. The van der Waals surface area contributed by atoms with E-state index in [0.717, 1.165) is 16.9 Å². The molecule has 3 aromatic rings. The number of alkyl halides is 3. The van der Waals surface area contributed by atoms with Crippen LogP contribution in [0.3, 0.4) is 0 Å². The van der Waals surface area contributed by atoms with Crippen molar-refractivity contribution in [3.8, 4) is 34.4 Å². The minimum atomic E-state index is -4.34. The van der Waals surface area contributed by atoms with E-state index in [-0.39, 0.29) is 25.3 Å². The van der Waals surface area contributed by atoms with Crippen LogP contribution in [0.2, 0.25) is 0 Å². The van der Waals surface area contributed by atoms with Crippen molar-refractivity contribution >= 4 is 16.0 Å². The first-order valence-electron chi connectivity index (χ1n) is 12.8. The van der Waals surface area contributed by atoms with Gasteiger partial charge in [-0.2, -0.15) is 22.8 Å². The highest BCUT2D eigenvalue weighted by molar-refractivity contribution is 8.32. The van der Waals surface area contributed by atoms with Gasteiger partial charge in [0.05, 0.1) is 25.6 Å². The number of benzene rings is 1. The van der Waals surface area contributed by atoms with Crippen molar-refractivity contribution in [2.45, 2.75) is 33.2 Å². The van der Waals surface area contributed by atoms with Gasteiger partial charge in [-0.3, -0.25) is 4.79 Å². The van der Waals surface area contributed by atoms with Crippen molar-refractivity contribution in [2.24, 2.45) is 5.41 Å². The molecule has 0 atom stereocenters. The minimum absolute atomic E-state index is 0.0128. The maximum Gasteiger partial charge on any atom is 0.392 e. The molecule has 41 heavy (non-hydrogen) atoms. The van der Waals surface area contributed by atoms with Crippen molar-refractivity contribution in [1.29, 1.82) is 0 Å². The first-order chi connectivity index (χ1) is 19.2. The van der Waals surface area contributed by atoms with E-state index >= 15 is 0 Å². The molecule has 0 saturated carbocycles. The average Bonchev–Trinajstić information content (AvgIpc) is 3.31. The fraction of sp³-hybridized carbons (Fsp3) is 0.500. The number of esters is 1. The Morgan fingerprint density at radius 3 is 2.20 bits per heavy atom. The van der Waals surface area contributed by atoms with Gasteiger partial charge in [0.25, 0.3) is 0 Å². The molecule has 0 radical (unpaired) electrons. The van der Waals surface area contributed by atoms with E-state index in [1.54, 1.807) is 26.1 Å². The molecule has 2 aromatic heterocycles. The molecule has 9 nitrogen and oxygen atoms in total. The van der Waals surface area contributed by atoms with Crippen LogP contribution in [0.15, 0.2) is 42.6 Å². The predicted molar refractivity (Wildman–Crippen MR) is 152 cm³/mol. The fourth-order valence-corrected chi connectivity index (χ4v) is 4.01. The average molecular weight is 599 g/mol. The maximum absolute atomic E-state index is 12.6. The van der Waals surface area contributed by atoms with Crippen LogP contribution in [0.1, 0.15) is 20.3 Å². The van der Waals surface area contributed by atoms with E-state index in [4.69, 9.17) is 18.9 Å². The molecule has 0 aliphatic carbocycles. The Morgan fingerprint density at radius 2 is 1.61 bits per heavy atom. The Hall–Kier alpha value is -3.32. The highest BCUT2D eigenvalue weighted by Crippen LogP contribution is 2.33. The molecule has 0 bridgehead atoms. The number of halogens is 3. The summed E-state index contributed by atoms with van der Waals surface area (Å²) in [5.41, 5.74) is 1.55. The van der Waals surface area contributed by atoms with E-state index in [1.165, 1.54) is 11.8 Å². The van der Waals surface area contributed by atoms with Gasteiger partial charge in [-0.25, -0.2) is 15.0 Å². The molecule has 0 fully saturated rings. The Balaban J connectivity index is 1.69. The molecule has 226 valence electrons. The summed E-state index contributed by atoms with van der Waals surface area (Å²) in [6.45, 7) is 3.51. The lowest BCUT2D eigenvalue weighted by Gasteiger charge is -2.24. The molecule has 0 spiro atoms. The number of hydrogen-bond acceptors (Lipinski definition) is 8. The smallest absolute Gasteiger partial charge is 0.392 e. The van der Waals surface area contributed by atoms with Gasteiger partial charge in [0.2, 0.25) is 5.88 Å². The van der Waals surface area contributed by atoms with Gasteiger partial charge < -0.3 is 18.9 Å². The summed E-state index contributed by atoms with van der Waals surface area (Å²) in [4.78, 5) is 20.5. The van der Waals surface area contributed by atoms with Crippen molar-refractivity contribution in [2.75, 3.05) is 51.5 Å². The van der Waals surface area contributed by atoms with Crippen molar-refractivity contribution in [3.05, 3.63) is 42.6 Å². The second-order valence-corrected chi connectivity index (χ2v) is 15.5. The number of methoxy groups -OCH3 is 1. The van der Waals surface area contributed by atoms with Gasteiger partial charge in [-0.15, -0.1) is 5.10 Å². The number of rotatable bonds is 14. The molecule has 0 amide bonds. The lowest BCUT2D eigenvalue weighted by atomic mass is 9.95. The predicted octanol–water partition coefficient (Wildman–Crippen LogP) is 5.58. The number of carbonyl (C=O) groups is 1. The van der Waals surface area contributed by atoms with Gasteiger partial charge in [0.15, 0.2) is 5.82 Å². The molecule has 0 unspecified atom stereocenters. The highest BCUT2D eigenvalue weighted by atomic mass is 32.3. The zero-order valence-corrected chi connectivity index (χ0v) is 25.0. The van der Waals surface area contributed by atoms with Gasteiger partial charge in [-0.05, 0) is 44.2 Å². The van der Waals surface area contributed by atoms with Gasteiger partial charge in [0, 0.05) is 29.1 Å². The van der Waals surface area contributed by atoms with Gasteiger partial charge in [0.1, 0.15) is 19.9 Å². The fourth-order valence-electron chi connectivity index (χ4n) is 3.40. The van der Waals surface area contributed by atoms with Crippen LogP contribution in [0.4, 0.5) is 13.2 Å². The lowest BCUT2D eigenvalue weighted by molar-refractivity contribution is -0.152. The van der Waals surface area contributed by atoms with Crippen LogP contribution in [0.25, 0.3) is 22.5 Å². The van der Waals surface area contributed by atoms with Crippen molar-refractivity contribution < 1.29 is 36.9 Å². The number of nitrogens with zero attached hydrogens (tertiary/aromatic N) is 4. The number of hydrogen-bond donors (Lipinski definition) is 0. The standard InChI is InChI=1S/C28H37F3N4O5S/c1-27(2,25(36)37-3)18-40-23-12-11-22(17-32-23)20-7-9-21(10-8-20)24-33-26(39-14-13-28(29,30)31)35(34-24)19-38-15-16-41(4,5)6/h7-12,17H,13-16,18-19H2,1-6H3. The van der Waals surface area contributed by atoms with Gasteiger partial charge in [-0.1, -0.05) is 24.3 Å². The number of aromatic nitrogens is 4. The summed E-state index contributed by atoms with van der Waals surface area (Å²) < 4.78 is 60.8. The minimum Gasteiger partial charge on any atom is -0.476 e. The number of ether oxygens (including phenoxy) is 4. The zero-order chi connectivity index (χ0) is 30.3. The third-order valence-corrected chi connectivity index (χ3v) is 7.23. The Labute approximate surface area is 239 Å². The molecule has 0 N–H and O–H groups in total. The normalized spacial score (nSPS) is 12.7. The van der Waals surface area contributed by atoms with E-state index in [0.29, 0.717) is 23.9 Å². The maximum atomic E-state index is 12.6. The summed E-state index contributed by atoms with van der Waals surface area (Å²) >= 11 is 0. The third kappa shape index (κ3) is 10.2. The quantitative estimate of drug-likeness (QED) is 0.175. The van der Waals surface area contributed by atoms with Crippen LogP contribution < -0.4 is 9.47 Å².